The number of hydrogen-bond acceptors (Lipinski definition) is 2. The van der Waals surface area contributed by atoms with Gasteiger partial charge in [0.2, 0.25) is 0 Å². The van der Waals surface area contributed by atoms with Gasteiger partial charge in [-0.15, -0.1) is 0 Å². The summed E-state index contributed by atoms with van der Waals surface area (Å²) >= 11 is 0. The van der Waals surface area contributed by atoms with E-state index in [1.54, 1.807) is 0 Å². The van der Waals surface area contributed by atoms with Crippen LogP contribution in [-0.4, -0.2) is 25.7 Å². The summed E-state index contributed by atoms with van der Waals surface area (Å²) in [7, 11) is 0. The Labute approximate surface area is 111 Å². The molecule has 18 heavy (non-hydrogen) atoms. The zero-order chi connectivity index (χ0) is 12.6. The van der Waals surface area contributed by atoms with Gasteiger partial charge in [-0.1, -0.05) is 43.7 Å². The van der Waals surface area contributed by atoms with E-state index in [1.807, 2.05) is 0 Å². The summed E-state index contributed by atoms with van der Waals surface area (Å²) in [6, 6.07) is 11.6. The molecule has 0 spiro atoms. The van der Waals surface area contributed by atoms with Gasteiger partial charge in [-0.25, -0.2) is 0 Å². The lowest BCUT2D eigenvalue weighted by atomic mass is 9.87. The topological polar surface area (TPSA) is 24.1 Å². The molecule has 2 unspecified atom stereocenters. The van der Waals surface area contributed by atoms with Gasteiger partial charge in [0.15, 0.2) is 0 Å². The predicted molar refractivity (Wildman–Crippen MR) is 77.8 cm³/mol. The Hall–Kier alpha value is -0.860. The highest BCUT2D eigenvalue weighted by Gasteiger charge is 2.24. The first-order valence-corrected chi connectivity index (χ1v) is 7.38. The fraction of sp³-hybridized carbons (Fsp3) is 0.625. The molecular weight excluding hydrogens is 220 g/mol. The van der Waals surface area contributed by atoms with E-state index in [2.05, 4.69) is 47.9 Å². The molecule has 1 aliphatic rings. The van der Waals surface area contributed by atoms with Crippen molar-refractivity contribution in [3.63, 3.8) is 0 Å². The number of hydrogen-bond donors (Lipinski definition) is 2. The first-order valence-electron chi connectivity index (χ1n) is 7.38. The van der Waals surface area contributed by atoms with Crippen LogP contribution in [0.5, 0.6) is 0 Å². The number of unbranched alkanes of at least 4 members (excludes halogenated alkanes) is 1. The lowest BCUT2D eigenvalue weighted by molar-refractivity contribution is 0.275. The lowest BCUT2D eigenvalue weighted by Gasteiger charge is -2.33. The highest BCUT2D eigenvalue weighted by Crippen LogP contribution is 2.18. The van der Waals surface area contributed by atoms with E-state index in [0.29, 0.717) is 6.04 Å². The zero-order valence-corrected chi connectivity index (χ0v) is 11.5. The summed E-state index contributed by atoms with van der Waals surface area (Å²) in [5.74, 6) is 0.783. The summed E-state index contributed by atoms with van der Waals surface area (Å²) in [5, 5.41) is 7.25. The normalized spacial score (nSPS) is 24.1. The molecule has 2 atom stereocenters. The minimum absolute atomic E-state index is 0.644. The maximum atomic E-state index is 3.73. The molecule has 100 valence electrons. The van der Waals surface area contributed by atoms with Crippen molar-refractivity contribution in [3.05, 3.63) is 35.9 Å². The van der Waals surface area contributed by atoms with Crippen LogP contribution in [0.25, 0.3) is 0 Å². The fourth-order valence-electron chi connectivity index (χ4n) is 2.78. The van der Waals surface area contributed by atoms with Crippen LogP contribution >= 0.6 is 0 Å². The molecule has 0 amide bonds. The molecule has 1 fully saturated rings. The van der Waals surface area contributed by atoms with Gasteiger partial charge in [-0.3, -0.25) is 0 Å². The van der Waals surface area contributed by atoms with Crippen LogP contribution in [0, 0.1) is 5.92 Å². The molecule has 0 aliphatic carbocycles. The quantitative estimate of drug-likeness (QED) is 0.754. The molecule has 2 nitrogen and oxygen atoms in total. The van der Waals surface area contributed by atoms with Crippen molar-refractivity contribution in [3.8, 4) is 0 Å². The molecule has 0 aromatic heterocycles. The molecule has 2 heteroatoms. The van der Waals surface area contributed by atoms with E-state index < -0.39 is 0 Å². The molecule has 2 N–H and O–H groups in total. The third-order valence-corrected chi connectivity index (χ3v) is 3.90. The van der Waals surface area contributed by atoms with Gasteiger partial charge in [-0.05, 0) is 43.8 Å². The second kappa shape index (κ2) is 7.55. The second-order valence-electron chi connectivity index (χ2n) is 5.36. The van der Waals surface area contributed by atoms with Gasteiger partial charge in [0.05, 0.1) is 0 Å². The molecule has 1 aromatic rings. The number of nitrogens with one attached hydrogen (secondary N) is 2. The van der Waals surface area contributed by atoms with E-state index in [4.69, 9.17) is 0 Å². The van der Waals surface area contributed by atoms with Gasteiger partial charge in [0.25, 0.3) is 0 Å². The third kappa shape index (κ3) is 4.11. The van der Waals surface area contributed by atoms with Crippen LogP contribution in [0.4, 0.5) is 0 Å². The van der Waals surface area contributed by atoms with Crippen LogP contribution in [0.2, 0.25) is 0 Å². The smallest absolute Gasteiger partial charge is 0.0224 e. The Morgan fingerprint density at radius 2 is 2.11 bits per heavy atom. The molecule has 0 bridgehead atoms. The predicted octanol–water partition coefficient (Wildman–Crippen LogP) is 2.60. The van der Waals surface area contributed by atoms with Crippen LogP contribution in [-0.2, 0) is 6.42 Å². The maximum absolute atomic E-state index is 3.73. The second-order valence-corrected chi connectivity index (χ2v) is 5.36. The fourth-order valence-corrected chi connectivity index (χ4v) is 2.78. The summed E-state index contributed by atoms with van der Waals surface area (Å²) in [6.07, 6.45) is 5.07. The van der Waals surface area contributed by atoms with E-state index in [1.165, 1.54) is 37.8 Å². The first-order chi connectivity index (χ1) is 8.90. The van der Waals surface area contributed by atoms with Crippen molar-refractivity contribution in [1.29, 1.82) is 0 Å². The Bertz CT molecular complexity index is 323. The largest absolute Gasteiger partial charge is 0.315 e. The van der Waals surface area contributed by atoms with E-state index in [0.717, 1.165) is 19.0 Å². The monoisotopic (exact) mass is 246 g/mol. The number of rotatable bonds is 6. The van der Waals surface area contributed by atoms with Gasteiger partial charge >= 0.3 is 0 Å². The number of benzene rings is 1. The SMILES string of the molecule is CCCCNC1CNCCC1Cc1ccccc1. The van der Waals surface area contributed by atoms with Crippen molar-refractivity contribution in [2.24, 2.45) is 5.92 Å². The number of piperidine rings is 1. The van der Waals surface area contributed by atoms with Gasteiger partial charge in [-0.2, -0.15) is 0 Å². The van der Waals surface area contributed by atoms with Crippen molar-refractivity contribution >= 4 is 0 Å². The van der Waals surface area contributed by atoms with Crippen LogP contribution in [0.15, 0.2) is 30.3 Å². The Morgan fingerprint density at radius 1 is 1.28 bits per heavy atom. The average Bonchev–Trinajstić information content (AvgIpc) is 2.42. The maximum Gasteiger partial charge on any atom is 0.0224 e. The first kappa shape index (κ1) is 13.6. The molecular formula is C16H26N2. The Balaban J connectivity index is 1.87. The van der Waals surface area contributed by atoms with Crippen molar-refractivity contribution in [2.45, 2.75) is 38.6 Å². The summed E-state index contributed by atoms with van der Waals surface area (Å²) in [6.45, 7) is 5.71. The molecule has 1 aromatic carbocycles. The summed E-state index contributed by atoms with van der Waals surface area (Å²) in [4.78, 5) is 0. The Morgan fingerprint density at radius 3 is 2.89 bits per heavy atom. The minimum Gasteiger partial charge on any atom is -0.315 e. The standard InChI is InChI=1S/C16H26N2/c1-2-3-10-18-16-13-17-11-9-15(16)12-14-7-5-4-6-8-14/h4-8,15-18H,2-3,9-13H2,1H3. The Kier molecular flexibility index (Phi) is 5.69. The van der Waals surface area contributed by atoms with Crippen LogP contribution < -0.4 is 10.6 Å². The highest BCUT2D eigenvalue weighted by atomic mass is 15.0. The molecule has 1 heterocycles. The lowest BCUT2D eigenvalue weighted by Crippen LogP contribution is -2.50. The highest BCUT2D eigenvalue weighted by molar-refractivity contribution is 5.16. The van der Waals surface area contributed by atoms with Crippen LogP contribution in [0.3, 0.4) is 0 Å². The zero-order valence-electron chi connectivity index (χ0n) is 11.5. The summed E-state index contributed by atoms with van der Waals surface area (Å²) in [5.41, 5.74) is 1.48. The molecule has 1 aliphatic heterocycles. The van der Waals surface area contributed by atoms with Gasteiger partial charge in [0.1, 0.15) is 0 Å². The van der Waals surface area contributed by atoms with E-state index in [-0.39, 0.29) is 0 Å². The summed E-state index contributed by atoms with van der Waals surface area (Å²) < 4.78 is 0. The van der Waals surface area contributed by atoms with Crippen molar-refractivity contribution < 1.29 is 0 Å². The molecule has 2 rings (SSSR count). The van der Waals surface area contributed by atoms with Crippen molar-refractivity contribution in [2.75, 3.05) is 19.6 Å². The van der Waals surface area contributed by atoms with Gasteiger partial charge in [0, 0.05) is 12.6 Å². The third-order valence-electron chi connectivity index (χ3n) is 3.90. The van der Waals surface area contributed by atoms with Crippen LogP contribution in [0.1, 0.15) is 31.7 Å². The average molecular weight is 246 g/mol. The van der Waals surface area contributed by atoms with E-state index in [9.17, 15) is 0 Å². The molecule has 0 saturated carbocycles. The van der Waals surface area contributed by atoms with Gasteiger partial charge < -0.3 is 10.6 Å². The van der Waals surface area contributed by atoms with Crippen molar-refractivity contribution in [1.82, 2.24) is 10.6 Å². The van der Waals surface area contributed by atoms with E-state index >= 15 is 0 Å². The minimum atomic E-state index is 0.644. The molecule has 1 saturated heterocycles. The molecule has 0 radical (unpaired) electrons.